The molecule has 0 bridgehead atoms. The number of aryl methyl sites for hydroxylation is 1. The molecule has 2 N–H and O–H groups in total. The van der Waals surface area contributed by atoms with E-state index in [0.29, 0.717) is 17.0 Å². The summed E-state index contributed by atoms with van der Waals surface area (Å²) in [5.74, 6) is -1.46. The summed E-state index contributed by atoms with van der Waals surface area (Å²) in [6, 6.07) is 6.95. The molecule has 2 heterocycles. The number of carbonyl (C=O) groups excluding carboxylic acids is 3. The van der Waals surface area contributed by atoms with Gasteiger partial charge in [-0.3, -0.25) is 4.98 Å². The highest BCUT2D eigenvalue weighted by Gasteiger charge is 2.28. The molecule has 0 spiro atoms. The van der Waals surface area contributed by atoms with E-state index >= 15 is 0 Å². The number of nitrogens with two attached hydrogens (primary N) is 1. The van der Waals surface area contributed by atoms with E-state index in [9.17, 15) is 14.4 Å². The van der Waals surface area contributed by atoms with Crippen molar-refractivity contribution in [3.8, 4) is 5.75 Å². The number of carbonyl (C=O) groups is 3. The van der Waals surface area contributed by atoms with Crippen molar-refractivity contribution in [1.29, 1.82) is 0 Å². The number of methoxy groups -OCH3 is 3. The van der Waals surface area contributed by atoms with Crippen molar-refractivity contribution in [2.45, 2.75) is 13.5 Å². The van der Waals surface area contributed by atoms with Gasteiger partial charge in [-0.2, -0.15) is 0 Å². The predicted octanol–water partition coefficient (Wildman–Crippen LogP) is 3.13. The zero-order valence-corrected chi connectivity index (χ0v) is 18.1. The number of ether oxygens (including phenoxy) is 4. The van der Waals surface area contributed by atoms with Crippen LogP contribution >= 0.6 is 11.3 Å². The minimum absolute atomic E-state index is 0.0267. The van der Waals surface area contributed by atoms with E-state index in [0.717, 1.165) is 16.7 Å². The van der Waals surface area contributed by atoms with Crippen molar-refractivity contribution in [3.63, 3.8) is 0 Å². The third-order valence-corrected chi connectivity index (χ3v) is 5.62. The Kier molecular flexibility index (Phi) is 6.40. The van der Waals surface area contributed by atoms with Gasteiger partial charge in [0.05, 0.1) is 38.1 Å². The van der Waals surface area contributed by atoms with E-state index in [1.54, 1.807) is 38.3 Å². The summed E-state index contributed by atoms with van der Waals surface area (Å²) < 4.78 is 20.1. The molecule has 0 radical (unpaired) electrons. The fraction of sp³-hybridized carbons (Fsp3) is 0.238. The molecular weight excluding hydrogens is 424 g/mol. The number of rotatable bonds is 6. The van der Waals surface area contributed by atoms with E-state index in [2.05, 4.69) is 4.98 Å². The van der Waals surface area contributed by atoms with Crippen LogP contribution in [0.4, 0.5) is 5.00 Å². The highest BCUT2D eigenvalue weighted by molar-refractivity contribution is 7.18. The minimum atomic E-state index is -0.743. The molecule has 3 aromatic rings. The first-order valence-corrected chi connectivity index (χ1v) is 9.82. The molecule has 0 saturated heterocycles. The maximum absolute atomic E-state index is 12.8. The Balaban J connectivity index is 1.92. The second-order valence-corrected chi connectivity index (χ2v) is 7.44. The van der Waals surface area contributed by atoms with Gasteiger partial charge in [-0.25, -0.2) is 14.4 Å². The highest BCUT2D eigenvalue weighted by Crippen LogP contribution is 2.33. The number of fused-ring (bicyclic) bond motifs is 1. The van der Waals surface area contributed by atoms with E-state index in [-0.39, 0.29) is 33.2 Å². The molecule has 31 heavy (non-hydrogen) atoms. The molecule has 0 aliphatic rings. The number of hydrogen-bond acceptors (Lipinski definition) is 10. The van der Waals surface area contributed by atoms with Crippen LogP contribution in [-0.4, -0.2) is 44.2 Å². The maximum atomic E-state index is 12.8. The van der Waals surface area contributed by atoms with Gasteiger partial charge in [0.2, 0.25) is 0 Å². The monoisotopic (exact) mass is 444 g/mol. The topological polar surface area (TPSA) is 127 Å². The van der Waals surface area contributed by atoms with Gasteiger partial charge in [-0.15, -0.1) is 11.3 Å². The van der Waals surface area contributed by atoms with Gasteiger partial charge in [-0.1, -0.05) is 0 Å². The fourth-order valence-electron chi connectivity index (χ4n) is 3.00. The minimum Gasteiger partial charge on any atom is -0.497 e. The summed E-state index contributed by atoms with van der Waals surface area (Å²) in [5, 5.41) is 0.791. The number of nitrogen functional groups attached to an aromatic ring is 1. The molecule has 3 rings (SSSR count). The van der Waals surface area contributed by atoms with Crippen LogP contribution in [0.1, 0.15) is 41.6 Å². The van der Waals surface area contributed by atoms with Gasteiger partial charge in [-0.05, 0) is 25.1 Å². The first kappa shape index (κ1) is 22.0. The number of benzene rings is 1. The van der Waals surface area contributed by atoms with Crippen LogP contribution < -0.4 is 10.5 Å². The Morgan fingerprint density at radius 3 is 2.39 bits per heavy atom. The summed E-state index contributed by atoms with van der Waals surface area (Å²) in [6.45, 7) is 1.30. The fourth-order valence-corrected chi connectivity index (χ4v) is 3.98. The molecule has 0 amide bonds. The molecule has 162 valence electrons. The van der Waals surface area contributed by atoms with Crippen molar-refractivity contribution in [2.24, 2.45) is 0 Å². The molecule has 1 aromatic carbocycles. The zero-order chi connectivity index (χ0) is 22.7. The Hall–Kier alpha value is -3.66. The van der Waals surface area contributed by atoms with Crippen molar-refractivity contribution in [3.05, 3.63) is 51.5 Å². The molecule has 0 fully saturated rings. The Bertz CT molecular complexity index is 1190. The van der Waals surface area contributed by atoms with Crippen molar-refractivity contribution in [1.82, 2.24) is 4.98 Å². The lowest BCUT2D eigenvalue weighted by Gasteiger charge is -2.10. The molecule has 10 heteroatoms. The molecule has 0 saturated carbocycles. The summed E-state index contributed by atoms with van der Waals surface area (Å²) in [7, 11) is 3.94. The molecular formula is C21H20N2O7S. The van der Waals surface area contributed by atoms with Gasteiger partial charge < -0.3 is 24.7 Å². The molecule has 9 nitrogen and oxygen atoms in total. The largest absolute Gasteiger partial charge is 0.497 e. The van der Waals surface area contributed by atoms with Crippen LogP contribution in [0.15, 0.2) is 24.3 Å². The number of hydrogen-bond donors (Lipinski definition) is 1. The summed E-state index contributed by atoms with van der Waals surface area (Å²) in [4.78, 5) is 41.5. The quantitative estimate of drug-likeness (QED) is 0.450. The summed E-state index contributed by atoms with van der Waals surface area (Å²) >= 11 is 0.860. The molecule has 2 aromatic heterocycles. The van der Waals surface area contributed by atoms with Crippen LogP contribution in [0.25, 0.3) is 10.9 Å². The molecule has 0 aliphatic heterocycles. The van der Waals surface area contributed by atoms with E-state index in [4.69, 9.17) is 24.7 Å². The number of aromatic nitrogens is 1. The maximum Gasteiger partial charge on any atom is 0.348 e. The number of anilines is 1. The van der Waals surface area contributed by atoms with Gasteiger partial charge >= 0.3 is 17.9 Å². The number of pyridine rings is 1. The third kappa shape index (κ3) is 4.29. The Morgan fingerprint density at radius 2 is 1.74 bits per heavy atom. The Morgan fingerprint density at radius 1 is 1.03 bits per heavy atom. The van der Waals surface area contributed by atoms with Gasteiger partial charge in [0.15, 0.2) is 0 Å². The van der Waals surface area contributed by atoms with Crippen LogP contribution in [0, 0.1) is 6.92 Å². The van der Waals surface area contributed by atoms with Crippen LogP contribution in [0.3, 0.4) is 0 Å². The Labute approximate surface area is 181 Å². The van der Waals surface area contributed by atoms with Crippen molar-refractivity contribution >= 4 is 45.1 Å². The molecule has 0 atom stereocenters. The van der Waals surface area contributed by atoms with Gasteiger partial charge in [0.25, 0.3) is 0 Å². The molecule has 0 aliphatic carbocycles. The highest BCUT2D eigenvalue weighted by atomic mass is 32.1. The van der Waals surface area contributed by atoms with Gasteiger partial charge in [0, 0.05) is 17.0 Å². The first-order chi connectivity index (χ1) is 14.8. The first-order valence-electron chi connectivity index (χ1n) is 9.01. The summed E-state index contributed by atoms with van der Waals surface area (Å²) in [5.41, 5.74) is 7.36. The number of thiophene rings is 1. The number of nitrogens with zero attached hydrogens (tertiary/aromatic N) is 1. The number of esters is 3. The van der Waals surface area contributed by atoms with Crippen LogP contribution in [0.2, 0.25) is 0 Å². The van der Waals surface area contributed by atoms with Crippen LogP contribution in [0.5, 0.6) is 5.75 Å². The smallest absolute Gasteiger partial charge is 0.348 e. The average Bonchev–Trinajstić information content (AvgIpc) is 3.11. The van der Waals surface area contributed by atoms with Crippen molar-refractivity contribution < 1.29 is 33.3 Å². The predicted molar refractivity (Wildman–Crippen MR) is 114 cm³/mol. The van der Waals surface area contributed by atoms with E-state index in [1.807, 2.05) is 0 Å². The lowest BCUT2D eigenvalue weighted by molar-refractivity contribution is 0.0451. The second kappa shape index (κ2) is 9.00. The summed E-state index contributed by atoms with van der Waals surface area (Å²) in [6.07, 6.45) is 0. The SMILES string of the molecule is COC(=O)c1sc(N)c(C(=O)OC)c1COC(=O)c1cc2ccc(OC)cc2nc1C. The van der Waals surface area contributed by atoms with Crippen LogP contribution in [-0.2, 0) is 20.8 Å². The molecule has 0 unspecified atom stereocenters. The van der Waals surface area contributed by atoms with E-state index in [1.165, 1.54) is 14.2 Å². The van der Waals surface area contributed by atoms with E-state index < -0.39 is 17.9 Å². The lowest BCUT2D eigenvalue weighted by Crippen LogP contribution is -2.13. The van der Waals surface area contributed by atoms with Gasteiger partial charge in [0.1, 0.15) is 27.8 Å². The lowest BCUT2D eigenvalue weighted by atomic mass is 10.1. The standard InChI is InChI=1S/C21H20N2O7S/c1-10-13(7-11-5-6-12(27-2)8-15(11)23-10)19(24)30-9-14-16(20(25)28-3)18(22)31-17(14)21(26)29-4/h5-8H,9,22H2,1-4H3. The second-order valence-electron chi connectivity index (χ2n) is 6.39. The van der Waals surface area contributed by atoms with Crippen molar-refractivity contribution in [2.75, 3.05) is 27.1 Å². The zero-order valence-electron chi connectivity index (χ0n) is 17.3. The normalized spacial score (nSPS) is 10.6. The average molecular weight is 444 g/mol. The third-order valence-electron chi connectivity index (χ3n) is 4.58.